The Morgan fingerprint density at radius 2 is 1.93 bits per heavy atom. The van der Waals surface area contributed by atoms with Crippen LogP contribution in [-0.4, -0.2) is 50.0 Å². The Morgan fingerprint density at radius 1 is 1.28 bits per heavy atom. The standard InChI is InChI=1S/C19H19N3O5S.Na/c1-9-11(12(21-27-9)10-7-5-4-6-8-10)15(23)20-13-16(24)22-14(18(25)26)19(2,3)28-17(13)22;/h4-8,13-14,17H,1-3H3,(H,20,23)(H,25,26);/q;+1/p-1/t13?,14-,17?;/m0./s1. The molecule has 0 spiro atoms. The van der Waals surface area contributed by atoms with Gasteiger partial charge in [-0.15, -0.1) is 11.8 Å². The van der Waals surface area contributed by atoms with E-state index in [9.17, 15) is 19.5 Å². The largest absolute Gasteiger partial charge is 1.00 e. The molecule has 4 rings (SSSR count). The van der Waals surface area contributed by atoms with Crippen LogP contribution in [0.4, 0.5) is 0 Å². The van der Waals surface area contributed by atoms with E-state index in [-0.39, 0.29) is 35.1 Å². The topological polar surface area (TPSA) is 116 Å². The van der Waals surface area contributed by atoms with Gasteiger partial charge in [0.05, 0.1) is 12.0 Å². The number of amides is 2. The van der Waals surface area contributed by atoms with E-state index in [1.54, 1.807) is 20.8 Å². The van der Waals surface area contributed by atoms with E-state index in [2.05, 4.69) is 10.5 Å². The quantitative estimate of drug-likeness (QED) is 0.429. The first-order chi connectivity index (χ1) is 13.2. The number of carbonyl (C=O) groups excluding carboxylic acids is 3. The van der Waals surface area contributed by atoms with Crippen molar-refractivity contribution in [3.05, 3.63) is 41.7 Å². The molecule has 2 unspecified atom stereocenters. The monoisotopic (exact) mass is 423 g/mol. The van der Waals surface area contributed by atoms with E-state index in [0.717, 1.165) is 5.56 Å². The fourth-order valence-electron chi connectivity index (χ4n) is 3.77. The molecule has 0 aliphatic carbocycles. The van der Waals surface area contributed by atoms with Gasteiger partial charge in [0, 0.05) is 10.3 Å². The molecule has 2 aliphatic rings. The second kappa shape index (κ2) is 7.79. The second-order valence-corrected chi connectivity index (χ2v) is 9.13. The molecule has 10 heteroatoms. The van der Waals surface area contributed by atoms with Gasteiger partial charge in [0.2, 0.25) is 5.91 Å². The van der Waals surface area contributed by atoms with Crippen LogP contribution in [0.15, 0.2) is 34.9 Å². The molecule has 0 radical (unpaired) electrons. The van der Waals surface area contributed by atoms with Crippen molar-refractivity contribution in [2.75, 3.05) is 0 Å². The number of benzene rings is 1. The number of carboxylic acid groups (broad SMARTS) is 1. The van der Waals surface area contributed by atoms with Crippen molar-refractivity contribution in [1.82, 2.24) is 15.4 Å². The van der Waals surface area contributed by atoms with Gasteiger partial charge >= 0.3 is 29.6 Å². The summed E-state index contributed by atoms with van der Waals surface area (Å²) in [4.78, 5) is 38.2. The number of hydrogen-bond acceptors (Lipinski definition) is 7. The molecule has 0 bridgehead atoms. The molecule has 3 atom stereocenters. The van der Waals surface area contributed by atoms with E-state index >= 15 is 0 Å². The van der Waals surface area contributed by atoms with Gasteiger partial charge in [0.25, 0.3) is 5.91 Å². The van der Waals surface area contributed by atoms with Gasteiger partial charge in [0.1, 0.15) is 28.4 Å². The number of β-lactam (4-membered cyclic amide) rings is 1. The summed E-state index contributed by atoms with van der Waals surface area (Å²) in [5, 5.41) is 17.7. The minimum Gasteiger partial charge on any atom is -0.548 e. The predicted octanol–water partition coefficient (Wildman–Crippen LogP) is -2.44. The number of carbonyl (C=O) groups is 3. The number of nitrogens with one attached hydrogen (secondary N) is 1. The van der Waals surface area contributed by atoms with Gasteiger partial charge in [0.15, 0.2) is 0 Å². The third-order valence-electron chi connectivity index (χ3n) is 5.09. The summed E-state index contributed by atoms with van der Waals surface area (Å²) >= 11 is 1.34. The van der Waals surface area contributed by atoms with Crippen LogP contribution >= 0.6 is 11.8 Å². The summed E-state index contributed by atoms with van der Waals surface area (Å²) in [5.74, 6) is -1.86. The third kappa shape index (κ3) is 3.50. The van der Waals surface area contributed by atoms with Crippen LogP contribution in [-0.2, 0) is 9.59 Å². The van der Waals surface area contributed by atoms with Crippen LogP contribution in [0.3, 0.4) is 0 Å². The fraction of sp³-hybridized carbons (Fsp3) is 0.368. The summed E-state index contributed by atoms with van der Waals surface area (Å²) in [6.45, 7) is 5.13. The van der Waals surface area contributed by atoms with Crippen molar-refractivity contribution in [2.24, 2.45) is 0 Å². The summed E-state index contributed by atoms with van der Waals surface area (Å²) in [6, 6.07) is 7.29. The van der Waals surface area contributed by atoms with Gasteiger partial charge in [-0.25, -0.2) is 0 Å². The number of carboxylic acids is 1. The van der Waals surface area contributed by atoms with Crippen molar-refractivity contribution in [3.8, 4) is 11.3 Å². The van der Waals surface area contributed by atoms with Crippen LogP contribution < -0.4 is 40.0 Å². The zero-order valence-electron chi connectivity index (χ0n) is 16.5. The molecule has 146 valence electrons. The van der Waals surface area contributed by atoms with E-state index in [4.69, 9.17) is 4.52 Å². The average Bonchev–Trinajstić information content (AvgIpc) is 3.15. The molecular formula is C19H18N3NaO5S. The van der Waals surface area contributed by atoms with Crippen LogP contribution in [0.2, 0.25) is 0 Å². The Bertz CT molecular complexity index is 977. The number of nitrogens with zero attached hydrogens (tertiary/aromatic N) is 2. The molecule has 2 aromatic rings. The third-order valence-corrected chi connectivity index (χ3v) is 6.66. The molecule has 8 nitrogen and oxygen atoms in total. The molecule has 1 N–H and O–H groups in total. The van der Waals surface area contributed by atoms with Crippen molar-refractivity contribution < 1.29 is 53.6 Å². The normalized spacial score (nSPS) is 24.3. The summed E-state index contributed by atoms with van der Waals surface area (Å²) < 4.78 is 4.49. The molecule has 1 aromatic carbocycles. The fourth-order valence-corrected chi connectivity index (χ4v) is 5.39. The summed E-state index contributed by atoms with van der Waals surface area (Å²) in [6.07, 6.45) is 0. The molecule has 2 amide bonds. The minimum absolute atomic E-state index is 0. The Morgan fingerprint density at radius 3 is 2.55 bits per heavy atom. The summed E-state index contributed by atoms with van der Waals surface area (Å²) in [5.41, 5.74) is 1.38. The van der Waals surface area contributed by atoms with Crippen molar-refractivity contribution in [2.45, 2.75) is 43.0 Å². The molecule has 2 fully saturated rings. The van der Waals surface area contributed by atoms with E-state index in [0.29, 0.717) is 11.5 Å². The van der Waals surface area contributed by atoms with Gasteiger partial charge in [-0.3, -0.25) is 9.59 Å². The second-order valence-electron chi connectivity index (χ2n) is 7.36. The van der Waals surface area contributed by atoms with E-state index < -0.39 is 40.0 Å². The summed E-state index contributed by atoms with van der Waals surface area (Å²) in [7, 11) is 0. The number of fused-ring (bicyclic) bond motifs is 1. The van der Waals surface area contributed by atoms with Gasteiger partial charge in [-0.1, -0.05) is 35.5 Å². The molecular weight excluding hydrogens is 405 g/mol. The predicted molar refractivity (Wildman–Crippen MR) is 99.0 cm³/mol. The molecule has 2 aliphatic heterocycles. The van der Waals surface area contributed by atoms with Crippen molar-refractivity contribution >= 4 is 29.5 Å². The van der Waals surface area contributed by atoms with E-state index in [1.807, 2.05) is 30.3 Å². The first-order valence-electron chi connectivity index (χ1n) is 8.76. The smallest absolute Gasteiger partial charge is 0.548 e. The Hall–Kier alpha value is -1.81. The maximum atomic E-state index is 12.9. The number of thioether (sulfide) groups is 1. The van der Waals surface area contributed by atoms with Gasteiger partial charge in [-0.2, -0.15) is 0 Å². The Balaban J connectivity index is 0.00000240. The number of aryl methyl sites for hydroxylation is 1. The van der Waals surface area contributed by atoms with Crippen LogP contribution in [0.25, 0.3) is 11.3 Å². The first-order valence-corrected chi connectivity index (χ1v) is 9.64. The number of aliphatic carboxylic acids is 1. The Kier molecular flexibility index (Phi) is 5.88. The van der Waals surface area contributed by atoms with Crippen LogP contribution in [0.5, 0.6) is 0 Å². The number of aromatic nitrogens is 1. The van der Waals surface area contributed by atoms with Gasteiger partial charge < -0.3 is 24.6 Å². The maximum absolute atomic E-state index is 12.9. The average molecular weight is 423 g/mol. The zero-order chi connectivity index (χ0) is 20.2. The minimum atomic E-state index is -1.29. The molecule has 0 saturated carbocycles. The Labute approximate surface area is 193 Å². The molecule has 29 heavy (non-hydrogen) atoms. The maximum Gasteiger partial charge on any atom is 1.00 e. The molecule has 3 heterocycles. The van der Waals surface area contributed by atoms with Crippen LogP contribution in [0, 0.1) is 6.92 Å². The van der Waals surface area contributed by atoms with E-state index in [1.165, 1.54) is 16.7 Å². The molecule has 1 aromatic heterocycles. The first kappa shape index (κ1) is 21.9. The van der Waals surface area contributed by atoms with Crippen LogP contribution in [0.1, 0.15) is 30.0 Å². The van der Waals surface area contributed by atoms with Gasteiger partial charge in [-0.05, 0) is 20.8 Å². The SMILES string of the molecule is Cc1onc(-c2ccccc2)c1C(=O)NC1C(=O)N2C1SC(C)(C)[C@@H]2C(=O)[O-].[Na+]. The number of hydrogen-bond donors (Lipinski definition) is 1. The molecule has 2 saturated heterocycles. The van der Waals surface area contributed by atoms with Crippen molar-refractivity contribution in [1.29, 1.82) is 0 Å². The zero-order valence-corrected chi connectivity index (χ0v) is 19.3. The van der Waals surface area contributed by atoms with Crippen molar-refractivity contribution in [3.63, 3.8) is 0 Å². The number of rotatable bonds is 4.